The van der Waals surface area contributed by atoms with Crippen molar-refractivity contribution >= 4 is 17.4 Å². The van der Waals surface area contributed by atoms with Gasteiger partial charge in [-0.1, -0.05) is 12.1 Å². The number of ether oxygens (including phenoxy) is 1. The minimum absolute atomic E-state index is 0.255. The van der Waals surface area contributed by atoms with Crippen molar-refractivity contribution < 1.29 is 9.53 Å². The smallest absolute Gasteiger partial charge is 0.260 e. The topological polar surface area (TPSA) is 77.2 Å². The molecule has 1 aromatic heterocycles. The second kappa shape index (κ2) is 6.06. The van der Waals surface area contributed by atoms with Crippen molar-refractivity contribution in [2.75, 3.05) is 17.7 Å². The van der Waals surface area contributed by atoms with Crippen molar-refractivity contribution in [3.63, 3.8) is 0 Å². The number of hydrogen-bond donors (Lipinski definition) is 2. The molecule has 3 N–H and O–H groups in total. The molecule has 2 rings (SSSR count). The van der Waals surface area contributed by atoms with Crippen LogP contribution in [-0.2, 0) is 0 Å². The van der Waals surface area contributed by atoms with Crippen LogP contribution in [0.5, 0.6) is 5.75 Å². The summed E-state index contributed by atoms with van der Waals surface area (Å²) in [6, 6.07) is 8.86. The van der Waals surface area contributed by atoms with Gasteiger partial charge in [0.1, 0.15) is 11.6 Å². The van der Waals surface area contributed by atoms with Gasteiger partial charge in [0, 0.05) is 0 Å². The summed E-state index contributed by atoms with van der Waals surface area (Å²) in [7, 11) is 0. The Bertz CT molecular complexity index is 626. The van der Waals surface area contributed by atoms with Crippen LogP contribution in [0, 0.1) is 6.92 Å². The lowest BCUT2D eigenvalue weighted by molar-refractivity contribution is 0.102. The Morgan fingerprint density at radius 1 is 1.40 bits per heavy atom. The quantitative estimate of drug-likeness (QED) is 0.896. The number of rotatable bonds is 4. The number of carbonyl (C=O) groups is 1. The zero-order valence-corrected chi connectivity index (χ0v) is 11.5. The number of nitrogen functional groups attached to an aromatic ring is 1. The summed E-state index contributed by atoms with van der Waals surface area (Å²) in [4.78, 5) is 16.4. The number of aryl methyl sites for hydroxylation is 1. The highest BCUT2D eigenvalue weighted by Gasteiger charge is 2.13. The molecule has 0 aliphatic rings. The van der Waals surface area contributed by atoms with E-state index in [9.17, 15) is 4.79 Å². The number of anilines is 2. The van der Waals surface area contributed by atoms with Gasteiger partial charge >= 0.3 is 0 Å². The van der Waals surface area contributed by atoms with Crippen molar-refractivity contribution in [2.45, 2.75) is 13.8 Å². The van der Waals surface area contributed by atoms with Gasteiger partial charge in [-0.3, -0.25) is 4.79 Å². The number of carbonyl (C=O) groups excluding carboxylic acids is 1. The van der Waals surface area contributed by atoms with Gasteiger partial charge in [0.25, 0.3) is 5.91 Å². The predicted octanol–water partition coefficient (Wildman–Crippen LogP) is 2.62. The summed E-state index contributed by atoms with van der Waals surface area (Å²) in [5, 5.41) is 2.77. The first-order chi connectivity index (χ1) is 9.61. The summed E-state index contributed by atoms with van der Waals surface area (Å²) in [5.41, 5.74) is 7.49. The van der Waals surface area contributed by atoms with Crippen LogP contribution in [0.1, 0.15) is 22.8 Å². The number of pyridine rings is 1. The molecule has 0 atom stereocenters. The molecule has 0 aliphatic carbocycles. The first kappa shape index (κ1) is 13.9. The van der Waals surface area contributed by atoms with Crippen LogP contribution >= 0.6 is 0 Å². The van der Waals surface area contributed by atoms with E-state index in [4.69, 9.17) is 10.5 Å². The van der Waals surface area contributed by atoms with Gasteiger partial charge in [0.05, 0.1) is 24.1 Å². The van der Waals surface area contributed by atoms with Crippen molar-refractivity contribution in [1.82, 2.24) is 4.98 Å². The molecule has 20 heavy (non-hydrogen) atoms. The van der Waals surface area contributed by atoms with E-state index in [0.29, 0.717) is 29.4 Å². The van der Waals surface area contributed by atoms with Crippen LogP contribution in [0.25, 0.3) is 0 Å². The molecule has 1 aromatic carbocycles. The average Bonchev–Trinajstić information content (AvgIpc) is 2.43. The molecule has 0 saturated heterocycles. The fourth-order valence-corrected chi connectivity index (χ4v) is 1.84. The van der Waals surface area contributed by atoms with E-state index in [0.717, 1.165) is 5.56 Å². The van der Waals surface area contributed by atoms with E-state index in [-0.39, 0.29) is 5.91 Å². The van der Waals surface area contributed by atoms with Crippen LogP contribution < -0.4 is 15.8 Å². The minimum atomic E-state index is -0.255. The van der Waals surface area contributed by atoms with Gasteiger partial charge in [-0.2, -0.15) is 0 Å². The van der Waals surface area contributed by atoms with Gasteiger partial charge in [-0.05, 0) is 37.6 Å². The monoisotopic (exact) mass is 271 g/mol. The maximum atomic E-state index is 12.3. The van der Waals surface area contributed by atoms with E-state index >= 15 is 0 Å². The Hall–Kier alpha value is -2.56. The van der Waals surface area contributed by atoms with Crippen molar-refractivity contribution in [3.05, 3.63) is 47.7 Å². The molecule has 0 radical (unpaired) electrons. The van der Waals surface area contributed by atoms with E-state index in [2.05, 4.69) is 10.3 Å². The fourth-order valence-electron chi connectivity index (χ4n) is 1.84. The zero-order valence-electron chi connectivity index (χ0n) is 11.5. The largest absolute Gasteiger partial charge is 0.493 e. The van der Waals surface area contributed by atoms with Crippen molar-refractivity contribution in [2.24, 2.45) is 0 Å². The van der Waals surface area contributed by atoms with Crippen molar-refractivity contribution in [3.8, 4) is 5.75 Å². The molecule has 0 aliphatic heterocycles. The number of nitrogens with zero attached hydrogens (tertiary/aromatic N) is 1. The van der Waals surface area contributed by atoms with E-state index < -0.39 is 0 Å². The molecule has 1 amide bonds. The molecule has 0 unspecified atom stereocenters. The highest BCUT2D eigenvalue weighted by molar-refractivity contribution is 6.06. The third-order valence-electron chi connectivity index (χ3n) is 2.76. The van der Waals surface area contributed by atoms with Crippen molar-refractivity contribution in [1.29, 1.82) is 0 Å². The van der Waals surface area contributed by atoms with Gasteiger partial charge < -0.3 is 15.8 Å². The van der Waals surface area contributed by atoms with E-state index in [1.807, 2.05) is 19.9 Å². The Morgan fingerprint density at radius 3 is 2.85 bits per heavy atom. The molecular formula is C15H17N3O2. The summed E-state index contributed by atoms with van der Waals surface area (Å²) < 4.78 is 5.44. The molecule has 5 heteroatoms. The van der Waals surface area contributed by atoms with Gasteiger partial charge in [-0.25, -0.2) is 4.98 Å². The lowest BCUT2D eigenvalue weighted by Gasteiger charge is -2.11. The fraction of sp³-hybridized carbons (Fsp3) is 0.200. The van der Waals surface area contributed by atoms with Crippen LogP contribution in [-0.4, -0.2) is 17.5 Å². The maximum Gasteiger partial charge on any atom is 0.260 e. The van der Waals surface area contributed by atoms with E-state index in [1.54, 1.807) is 24.3 Å². The molecule has 2 aromatic rings. The summed E-state index contributed by atoms with van der Waals surface area (Å²) in [6.45, 7) is 4.22. The zero-order chi connectivity index (χ0) is 14.5. The Morgan fingerprint density at radius 2 is 2.15 bits per heavy atom. The number of aromatic nitrogens is 1. The van der Waals surface area contributed by atoms with Gasteiger partial charge in [0.2, 0.25) is 0 Å². The summed E-state index contributed by atoms with van der Waals surface area (Å²) in [6.07, 6.45) is 1.51. The SMILES string of the molecule is CCOc1ccccc1C(=O)Nc1ncc(N)cc1C. The third-order valence-corrected chi connectivity index (χ3v) is 2.76. The van der Waals surface area contributed by atoms with Crippen LogP contribution in [0.2, 0.25) is 0 Å². The lowest BCUT2D eigenvalue weighted by Crippen LogP contribution is -2.15. The van der Waals surface area contributed by atoms with Gasteiger partial charge in [-0.15, -0.1) is 0 Å². The highest BCUT2D eigenvalue weighted by Crippen LogP contribution is 2.20. The Labute approximate surface area is 117 Å². The number of nitrogens with one attached hydrogen (secondary N) is 1. The number of para-hydroxylation sites is 1. The molecule has 0 bridgehead atoms. The third kappa shape index (κ3) is 3.06. The molecule has 104 valence electrons. The number of benzene rings is 1. The van der Waals surface area contributed by atoms with Crippen LogP contribution in [0.15, 0.2) is 36.5 Å². The normalized spacial score (nSPS) is 10.1. The second-order valence-corrected chi connectivity index (χ2v) is 4.32. The predicted molar refractivity (Wildman–Crippen MR) is 79.0 cm³/mol. The Kier molecular flexibility index (Phi) is 4.20. The minimum Gasteiger partial charge on any atom is -0.493 e. The summed E-state index contributed by atoms with van der Waals surface area (Å²) in [5.74, 6) is 0.797. The lowest BCUT2D eigenvalue weighted by atomic mass is 10.2. The van der Waals surface area contributed by atoms with Crippen LogP contribution in [0.3, 0.4) is 0 Å². The first-order valence-corrected chi connectivity index (χ1v) is 6.37. The molecule has 0 fully saturated rings. The molecular weight excluding hydrogens is 254 g/mol. The second-order valence-electron chi connectivity index (χ2n) is 4.32. The number of nitrogens with two attached hydrogens (primary N) is 1. The Balaban J connectivity index is 2.24. The first-order valence-electron chi connectivity index (χ1n) is 6.37. The van der Waals surface area contributed by atoms with Gasteiger partial charge in [0.15, 0.2) is 0 Å². The number of amides is 1. The number of hydrogen-bond acceptors (Lipinski definition) is 4. The molecule has 0 spiro atoms. The standard InChI is InChI=1S/C15H17N3O2/c1-3-20-13-7-5-4-6-12(13)15(19)18-14-10(2)8-11(16)9-17-14/h4-9H,3,16H2,1-2H3,(H,17,18,19). The average molecular weight is 271 g/mol. The molecule has 0 saturated carbocycles. The summed E-state index contributed by atoms with van der Waals surface area (Å²) >= 11 is 0. The highest BCUT2D eigenvalue weighted by atomic mass is 16.5. The molecule has 1 heterocycles. The molecule has 5 nitrogen and oxygen atoms in total. The van der Waals surface area contributed by atoms with Crippen LogP contribution in [0.4, 0.5) is 11.5 Å². The maximum absolute atomic E-state index is 12.3. The van der Waals surface area contributed by atoms with E-state index in [1.165, 1.54) is 6.20 Å².